The highest BCUT2D eigenvalue weighted by Gasteiger charge is 2.45. The summed E-state index contributed by atoms with van der Waals surface area (Å²) in [7, 11) is -7.95. The predicted octanol–water partition coefficient (Wildman–Crippen LogP) is 4.15. The first-order valence-electron chi connectivity index (χ1n) is 12.1. The number of aromatic nitrogens is 1. The van der Waals surface area contributed by atoms with Gasteiger partial charge in [-0.2, -0.15) is 13.2 Å². The van der Waals surface area contributed by atoms with Crippen molar-refractivity contribution in [3.63, 3.8) is 0 Å². The Morgan fingerprint density at radius 3 is 2.18 bits per heavy atom. The van der Waals surface area contributed by atoms with Crippen molar-refractivity contribution in [1.29, 1.82) is 0 Å². The van der Waals surface area contributed by atoms with Crippen LogP contribution in [0.3, 0.4) is 0 Å². The second kappa shape index (κ2) is 9.82. The molecule has 2 aliphatic rings. The van der Waals surface area contributed by atoms with Crippen LogP contribution in [0.2, 0.25) is 0 Å². The van der Waals surface area contributed by atoms with Gasteiger partial charge >= 0.3 is 6.18 Å². The highest BCUT2D eigenvalue weighted by Crippen LogP contribution is 2.40. The second-order valence-electron chi connectivity index (χ2n) is 10.3. The number of nitrogens with zero attached hydrogens (tertiary/aromatic N) is 2. The maximum Gasteiger partial charge on any atom is 0.417 e. The van der Waals surface area contributed by atoms with Gasteiger partial charge in [-0.3, -0.25) is 9.78 Å². The van der Waals surface area contributed by atoms with Crippen LogP contribution in [-0.4, -0.2) is 62.8 Å². The summed E-state index contributed by atoms with van der Waals surface area (Å²) in [5, 5.41) is 0. The van der Waals surface area contributed by atoms with Crippen molar-refractivity contribution < 1.29 is 39.5 Å². The lowest BCUT2D eigenvalue weighted by molar-refractivity contribution is -0.138. The van der Waals surface area contributed by atoms with E-state index in [-0.39, 0.29) is 42.5 Å². The summed E-state index contributed by atoms with van der Waals surface area (Å²) < 4.78 is 95.3. The van der Waals surface area contributed by atoms with Crippen LogP contribution in [0.4, 0.5) is 13.2 Å². The first-order valence-corrected chi connectivity index (χ1v) is 15.5. The summed E-state index contributed by atoms with van der Waals surface area (Å²) in [5.74, 6) is -0.585. The zero-order valence-electron chi connectivity index (χ0n) is 21.2. The first kappa shape index (κ1) is 28.3. The second-order valence-corrected chi connectivity index (χ2v) is 14.8. The highest BCUT2D eigenvalue weighted by atomic mass is 32.2. The Hall–Kier alpha value is -2.67. The smallest absolute Gasteiger partial charge is 0.417 e. The number of alkyl halides is 3. The molecule has 1 aliphatic carbocycles. The molecule has 1 aromatic carbocycles. The van der Waals surface area contributed by atoms with Gasteiger partial charge in [0.2, 0.25) is 0 Å². The van der Waals surface area contributed by atoms with Crippen LogP contribution in [0, 0.1) is 5.92 Å². The molecule has 38 heavy (non-hydrogen) atoms. The summed E-state index contributed by atoms with van der Waals surface area (Å²) in [6, 6.07) is 4.93. The van der Waals surface area contributed by atoms with Crippen molar-refractivity contribution in [3.05, 3.63) is 47.8 Å². The van der Waals surface area contributed by atoms with E-state index in [2.05, 4.69) is 4.98 Å². The molecule has 2 heterocycles. The molecule has 1 saturated heterocycles. The Balaban J connectivity index is 1.51. The van der Waals surface area contributed by atoms with E-state index >= 15 is 0 Å². The fourth-order valence-electron chi connectivity index (χ4n) is 4.63. The van der Waals surface area contributed by atoms with Gasteiger partial charge in [0.15, 0.2) is 19.7 Å². The van der Waals surface area contributed by atoms with Crippen molar-refractivity contribution in [3.8, 4) is 5.75 Å². The molecule has 1 aliphatic heterocycles. The van der Waals surface area contributed by atoms with Crippen LogP contribution >= 0.6 is 0 Å². The standard InChI is InChI=1S/C25H29F3N2O6S2/c1-24(2,38(34,35)20-12-17(14-29-15-20)25(26,27)28)16-8-10-30(11-9-16)23(31)21-7-6-19(36-18-4-5-18)13-22(21)37(3,32)33/h6-7,12-16,18H,4-5,8-11H2,1-3H3. The third-order valence-electron chi connectivity index (χ3n) is 7.22. The summed E-state index contributed by atoms with van der Waals surface area (Å²) in [4.78, 5) is 17.6. The van der Waals surface area contributed by atoms with Gasteiger partial charge in [0, 0.05) is 31.7 Å². The Morgan fingerprint density at radius 1 is 1.00 bits per heavy atom. The van der Waals surface area contributed by atoms with E-state index in [1.54, 1.807) is 6.07 Å². The predicted molar refractivity (Wildman–Crippen MR) is 132 cm³/mol. The molecular weight excluding hydrogens is 545 g/mol. The average Bonchev–Trinajstić information content (AvgIpc) is 3.66. The molecule has 13 heteroatoms. The third kappa shape index (κ3) is 5.68. The lowest BCUT2D eigenvalue weighted by Crippen LogP contribution is -2.47. The number of ether oxygens (including phenoxy) is 1. The number of likely N-dealkylation sites (tertiary alicyclic amines) is 1. The largest absolute Gasteiger partial charge is 0.490 e. The third-order valence-corrected chi connectivity index (χ3v) is 10.9. The maximum absolute atomic E-state index is 13.4. The van der Waals surface area contributed by atoms with E-state index in [0.29, 0.717) is 18.0 Å². The number of carbonyl (C=O) groups excluding carboxylic acids is 1. The molecule has 4 rings (SSSR count). The van der Waals surface area contributed by atoms with E-state index < -0.39 is 52.9 Å². The SMILES string of the molecule is CC(C)(C1CCN(C(=O)c2ccc(OC3CC3)cc2S(C)(=O)=O)CC1)S(=O)(=O)c1cncc(C(F)(F)F)c1. The summed E-state index contributed by atoms with van der Waals surface area (Å²) in [5.41, 5.74) is -1.14. The number of rotatable bonds is 7. The summed E-state index contributed by atoms with van der Waals surface area (Å²) in [6.45, 7) is 3.25. The lowest BCUT2D eigenvalue weighted by Gasteiger charge is -2.40. The molecule has 0 atom stereocenters. The molecule has 0 spiro atoms. The number of pyridine rings is 1. The van der Waals surface area contributed by atoms with Crippen molar-refractivity contribution >= 4 is 25.6 Å². The Labute approximate surface area is 220 Å². The van der Waals surface area contributed by atoms with Gasteiger partial charge in [0.25, 0.3) is 5.91 Å². The van der Waals surface area contributed by atoms with Crippen molar-refractivity contribution in [2.24, 2.45) is 5.92 Å². The van der Waals surface area contributed by atoms with Crippen LogP contribution < -0.4 is 4.74 Å². The molecule has 1 aromatic heterocycles. The molecule has 0 unspecified atom stereocenters. The van der Waals surface area contributed by atoms with Gasteiger partial charge in [-0.15, -0.1) is 0 Å². The molecule has 0 N–H and O–H groups in total. The normalized spacial score (nSPS) is 17.9. The van der Waals surface area contributed by atoms with Gasteiger partial charge in [-0.25, -0.2) is 16.8 Å². The Morgan fingerprint density at radius 2 is 1.63 bits per heavy atom. The quantitative estimate of drug-likeness (QED) is 0.489. The van der Waals surface area contributed by atoms with Gasteiger partial charge in [0.1, 0.15) is 5.75 Å². The molecule has 1 saturated carbocycles. The topological polar surface area (TPSA) is 111 Å². The fraction of sp³-hybridized carbons (Fsp3) is 0.520. The van der Waals surface area contributed by atoms with Crippen LogP contribution in [0.25, 0.3) is 0 Å². The van der Waals surface area contributed by atoms with E-state index in [1.807, 2.05) is 0 Å². The minimum atomic E-state index is -4.73. The number of piperidine rings is 1. The van der Waals surface area contributed by atoms with Crippen molar-refractivity contribution in [2.45, 2.75) is 66.3 Å². The van der Waals surface area contributed by atoms with Gasteiger partial charge < -0.3 is 9.64 Å². The molecule has 2 fully saturated rings. The maximum atomic E-state index is 13.4. The number of halogens is 3. The molecular formula is C25H29F3N2O6S2. The molecule has 1 amide bonds. The first-order chi connectivity index (χ1) is 17.5. The van der Waals surface area contributed by atoms with Gasteiger partial charge in [-0.05, 0) is 69.7 Å². The molecule has 208 valence electrons. The Kier molecular flexibility index (Phi) is 7.32. The van der Waals surface area contributed by atoms with Gasteiger partial charge in [-0.1, -0.05) is 0 Å². The number of benzene rings is 1. The molecule has 8 nitrogen and oxygen atoms in total. The van der Waals surface area contributed by atoms with Crippen molar-refractivity contribution in [1.82, 2.24) is 9.88 Å². The fourth-order valence-corrected chi connectivity index (χ4v) is 7.28. The van der Waals surface area contributed by atoms with Gasteiger partial charge in [0.05, 0.1) is 31.8 Å². The molecule has 0 radical (unpaired) electrons. The lowest BCUT2D eigenvalue weighted by atomic mass is 9.85. The van der Waals surface area contributed by atoms with Crippen LogP contribution in [0.5, 0.6) is 5.75 Å². The van der Waals surface area contributed by atoms with Crippen LogP contribution in [0.15, 0.2) is 46.5 Å². The van der Waals surface area contributed by atoms with E-state index in [4.69, 9.17) is 4.74 Å². The Bertz CT molecular complexity index is 1440. The van der Waals surface area contributed by atoms with Crippen LogP contribution in [0.1, 0.15) is 55.5 Å². The average molecular weight is 575 g/mol. The summed E-state index contributed by atoms with van der Waals surface area (Å²) in [6.07, 6.45) is 0.126. The van der Waals surface area contributed by atoms with Crippen LogP contribution in [-0.2, 0) is 25.9 Å². The monoisotopic (exact) mass is 574 g/mol. The number of amides is 1. The number of hydrogen-bond acceptors (Lipinski definition) is 7. The van der Waals surface area contributed by atoms with E-state index in [0.717, 1.165) is 25.3 Å². The minimum Gasteiger partial charge on any atom is -0.490 e. The van der Waals surface area contributed by atoms with Crippen molar-refractivity contribution in [2.75, 3.05) is 19.3 Å². The zero-order valence-corrected chi connectivity index (χ0v) is 22.8. The minimum absolute atomic E-state index is 0.0102. The summed E-state index contributed by atoms with van der Waals surface area (Å²) >= 11 is 0. The van der Waals surface area contributed by atoms with E-state index in [1.165, 1.54) is 30.9 Å². The zero-order chi connectivity index (χ0) is 28.1. The highest BCUT2D eigenvalue weighted by molar-refractivity contribution is 7.92. The molecule has 2 aromatic rings. The van der Waals surface area contributed by atoms with E-state index in [9.17, 15) is 34.8 Å². The molecule has 0 bridgehead atoms. The number of sulfone groups is 2. The number of carbonyl (C=O) groups is 1. The number of hydrogen-bond donors (Lipinski definition) is 0.